The smallest absolute Gasteiger partial charge is 0.289 e. The average molecular weight is 424 g/mol. The topological polar surface area (TPSA) is 102 Å². The maximum absolute atomic E-state index is 13.0. The number of amidine groups is 1. The van der Waals surface area contributed by atoms with E-state index in [4.69, 9.17) is 9.47 Å². The lowest BCUT2D eigenvalue weighted by Gasteiger charge is -2.06. The molecule has 0 radical (unpaired) electrons. The van der Waals surface area contributed by atoms with Crippen LogP contribution in [0.4, 0.5) is 11.4 Å². The molecule has 0 spiro atoms. The third-order valence-electron chi connectivity index (χ3n) is 3.99. The summed E-state index contributed by atoms with van der Waals surface area (Å²) in [4.78, 5) is 0.0639. The van der Waals surface area contributed by atoms with E-state index in [9.17, 15) is 8.42 Å². The van der Waals surface area contributed by atoms with Gasteiger partial charge in [0.25, 0.3) is 5.17 Å². The van der Waals surface area contributed by atoms with Crippen molar-refractivity contribution in [1.29, 1.82) is 0 Å². The summed E-state index contributed by atoms with van der Waals surface area (Å²) in [6, 6.07) is 21.5. The Morgan fingerprint density at radius 1 is 0.800 bits per heavy atom. The number of methoxy groups -OCH3 is 2. The Kier molecular flexibility index (Phi) is 6.76. The van der Waals surface area contributed by atoms with E-state index in [0.29, 0.717) is 22.9 Å². The first-order chi connectivity index (χ1) is 14.5. The fourth-order valence-electron chi connectivity index (χ4n) is 2.37. The van der Waals surface area contributed by atoms with Crippen molar-refractivity contribution in [2.24, 2.45) is 15.3 Å². The predicted octanol–water partition coefficient (Wildman–Crippen LogP) is 4.64. The van der Waals surface area contributed by atoms with Crippen molar-refractivity contribution < 1.29 is 17.9 Å². The van der Waals surface area contributed by atoms with Crippen LogP contribution in [0.1, 0.15) is 0 Å². The van der Waals surface area contributed by atoms with Crippen molar-refractivity contribution in [3.05, 3.63) is 78.9 Å². The molecule has 0 amide bonds. The number of nitrogens with one attached hydrogen (secondary N) is 1. The quantitative estimate of drug-likeness (QED) is 0.269. The summed E-state index contributed by atoms with van der Waals surface area (Å²) >= 11 is 0. The lowest BCUT2D eigenvalue weighted by Crippen LogP contribution is -2.14. The molecule has 0 unspecified atom stereocenters. The second kappa shape index (κ2) is 9.66. The van der Waals surface area contributed by atoms with Crippen molar-refractivity contribution in [3.63, 3.8) is 0 Å². The molecule has 8 nitrogen and oxygen atoms in total. The molecule has 0 aliphatic rings. The van der Waals surface area contributed by atoms with Crippen LogP contribution in [0, 0.1) is 0 Å². The maximum atomic E-state index is 13.0. The normalized spacial score (nSPS) is 12.0. The van der Waals surface area contributed by atoms with E-state index >= 15 is 0 Å². The molecule has 30 heavy (non-hydrogen) atoms. The Morgan fingerprint density at radius 3 is 1.93 bits per heavy atom. The lowest BCUT2D eigenvalue weighted by atomic mass is 10.3. The zero-order valence-corrected chi connectivity index (χ0v) is 17.2. The van der Waals surface area contributed by atoms with Gasteiger partial charge in [-0.1, -0.05) is 18.2 Å². The molecule has 3 rings (SSSR count). The van der Waals surface area contributed by atoms with E-state index in [-0.39, 0.29) is 4.90 Å². The highest BCUT2D eigenvalue weighted by Gasteiger charge is 2.23. The molecule has 0 fully saturated rings. The van der Waals surface area contributed by atoms with Gasteiger partial charge in [-0.15, -0.1) is 15.3 Å². The second-order valence-corrected chi connectivity index (χ2v) is 7.79. The lowest BCUT2D eigenvalue weighted by molar-refractivity contribution is 0.415. The molecule has 1 N–H and O–H groups in total. The number of benzene rings is 3. The Hall–Kier alpha value is -3.72. The first-order valence-electron chi connectivity index (χ1n) is 8.86. The van der Waals surface area contributed by atoms with Gasteiger partial charge in [0.1, 0.15) is 11.5 Å². The minimum absolute atomic E-state index is 0.0639. The van der Waals surface area contributed by atoms with Crippen molar-refractivity contribution >= 4 is 26.4 Å². The molecule has 0 aromatic heterocycles. The van der Waals surface area contributed by atoms with Crippen molar-refractivity contribution in [2.75, 3.05) is 19.6 Å². The van der Waals surface area contributed by atoms with Gasteiger partial charge in [-0.25, -0.2) is 8.42 Å². The standard InChI is InChI=1S/C21H20N4O4S/c1-28-18-12-8-16(9-13-18)22-24-21(30(26,27)20-6-4-3-5-7-20)25-23-17-10-14-19(29-2)15-11-17/h3-15,22H,1-2H3/b24-21+,25-23?. The minimum Gasteiger partial charge on any atom is -0.497 e. The highest BCUT2D eigenvalue weighted by atomic mass is 32.2. The molecule has 9 heteroatoms. The molecular weight excluding hydrogens is 404 g/mol. The summed E-state index contributed by atoms with van der Waals surface area (Å²) in [5, 5.41) is 11.4. The van der Waals surface area contributed by atoms with Gasteiger partial charge < -0.3 is 9.47 Å². The van der Waals surface area contributed by atoms with E-state index in [1.54, 1.807) is 80.9 Å². The molecule has 3 aromatic rings. The number of anilines is 1. The van der Waals surface area contributed by atoms with Crippen molar-refractivity contribution in [2.45, 2.75) is 4.90 Å². The van der Waals surface area contributed by atoms with Crippen molar-refractivity contribution in [1.82, 2.24) is 0 Å². The fraction of sp³-hybridized carbons (Fsp3) is 0.0952. The van der Waals surface area contributed by atoms with Crippen LogP contribution >= 0.6 is 0 Å². The zero-order chi connectivity index (χ0) is 21.4. The molecule has 0 heterocycles. The van der Waals surface area contributed by atoms with Gasteiger partial charge in [0.05, 0.1) is 30.5 Å². The molecule has 0 saturated heterocycles. The van der Waals surface area contributed by atoms with E-state index in [0.717, 1.165) is 0 Å². The number of ether oxygens (including phenoxy) is 2. The number of rotatable bonds is 6. The van der Waals surface area contributed by atoms with E-state index in [1.807, 2.05) is 0 Å². The number of hydrogen-bond acceptors (Lipinski definition) is 7. The van der Waals surface area contributed by atoms with Crippen LogP contribution in [0.2, 0.25) is 0 Å². The molecule has 0 aliphatic heterocycles. The maximum Gasteiger partial charge on any atom is 0.289 e. The SMILES string of the molecule is COc1ccc(N=N/C(=N\Nc2ccc(OC)cc2)S(=O)(=O)c2ccccc2)cc1. The Bertz CT molecular complexity index is 1130. The molecule has 154 valence electrons. The minimum atomic E-state index is -3.99. The van der Waals surface area contributed by atoms with Gasteiger partial charge >= 0.3 is 0 Å². The summed E-state index contributed by atoms with van der Waals surface area (Å²) in [5.41, 5.74) is 3.73. The number of nitrogens with zero attached hydrogens (tertiary/aromatic N) is 3. The molecule has 0 aliphatic carbocycles. The Morgan fingerprint density at radius 2 is 1.37 bits per heavy atom. The number of sulfone groups is 1. The van der Waals surface area contributed by atoms with Gasteiger partial charge in [-0.2, -0.15) is 0 Å². The average Bonchev–Trinajstić information content (AvgIpc) is 2.80. The van der Waals surface area contributed by atoms with E-state index in [1.165, 1.54) is 12.1 Å². The molecule has 3 aromatic carbocycles. The van der Waals surface area contributed by atoms with Crippen LogP contribution in [-0.2, 0) is 9.84 Å². The van der Waals surface area contributed by atoms with Crippen LogP contribution in [0.5, 0.6) is 11.5 Å². The van der Waals surface area contributed by atoms with Gasteiger partial charge in [-0.05, 0) is 60.7 Å². The van der Waals surface area contributed by atoms with Gasteiger partial charge in [0, 0.05) is 0 Å². The third kappa shape index (κ3) is 5.21. The molecular formula is C21H20N4O4S. The van der Waals surface area contributed by atoms with Crippen molar-refractivity contribution in [3.8, 4) is 11.5 Å². The third-order valence-corrected chi connectivity index (χ3v) is 5.53. The number of azo groups is 1. The summed E-state index contributed by atoms with van der Waals surface area (Å²) in [7, 11) is -0.875. The summed E-state index contributed by atoms with van der Waals surface area (Å²) in [6.45, 7) is 0. The largest absolute Gasteiger partial charge is 0.497 e. The van der Waals surface area contributed by atoms with Crippen LogP contribution in [0.3, 0.4) is 0 Å². The Labute approximate surface area is 174 Å². The van der Waals surface area contributed by atoms with Crippen LogP contribution in [0.15, 0.2) is 99.1 Å². The van der Waals surface area contributed by atoms with Gasteiger partial charge in [-0.3, -0.25) is 5.43 Å². The number of hydrogen-bond donors (Lipinski definition) is 1. The number of hydrazone groups is 1. The summed E-state index contributed by atoms with van der Waals surface area (Å²) in [6.07, 6.45) is 0. The zero-order valence-electron chi connectivity index (χ0n) is 16.4. The van der Waals surface area contributed by atoms with Crippen LogP contribution < -0.4 is 14.9 Å². The van der Waals surface area contributed by atoms with Gasteiger partial charge in [0.2, 0.25) is 9.84 Å². The first kappa shape index (κ1) is 21.0. The second-order valence-electron chi connectivity index (χ2n) is 5.95. The highest BCUT2D eigenvalue weighted by molar-refractivity contribution is 8.06. The van der Waals surface area contributed by atoms with Crippen LogP contribution in [0.25, 0.3) is 0 Å². The highest BCUT2D eigenvalue weighted by Crippen LogP contribution is 2.20. The predicted molar refractivity (Wildman–Crippen MR) is 115 cm³/mol. The fourth-order valence-corrected chi connectivity index (χ4v) is 3.41. The van der Waals surface area contributed by atoms with E-state index < -0.39 is 15.0 Å². The molecule has 0 saturated carbocycles. The van der Waals surface area contributed by atoms with Crippen LogP contribution in [-0.4, -0.2) is 27.8 Å². The first-order valence-corrected chi connectivity index (χ1v) is 10.3. The molecule has 0 atom stereocenters. The Balaban J connectivity index is 1.93. The summed E-state index contributed by atoms with van der Waals surface area (Å²) < 4.78 is 36.2. The van der Waals surface area contributed by atoms with E-state index in [2.05, 4.69) is 20.8 Å². The van der Waals surface area contributed by atoms with Gasteiger partial charge in [0.15, 0.2) is 0 Å². The molecule has 0 bridgehead atoms. The monoisotopic (exact) mass is 424 g/mol. The summed E-state index contributed by atoms with van der Waals surface area (Å²) in [5.74, 6) is 1.32.